The van der Waals surface area contributed by atoms with Crippen LogP contribution in [0.4, 0.5) is 8.78 Å². The molecule has 2 N–H and O–H groups in total. The van der Waals surface area contributed by atoms with Crippen molar-refractivity contribution >= 4 is 16.6 Å². The zero-order chi connectivity index (χ0) is 22.2. The van der Waals surface area contributed by atoms with Gasteiger partial charge in [0.2, 0.25) is 0 Å². The van der Waals surface area contributed by atoms with Crippen molar-refractivity contribution in [2.24, 2.45) is 0 Å². The number of fused-ring (bicyclic) bond motifs is 2. The van der Waals surface area contributed by atoms with Crippen LogP contribution in [0, 0.1) is 23.0 Å². The summed E-state index contributed by atoms with van der Waals surface area (Å²) in [5.41, 5.74) is 4.57. The average Bonchev–Trinajstić information content (AvgIpc) is 3.41. The van der Waals surface area contributed by atoms with Gasteiger partial charge in [-0.2, -0.15) is 5.26 Å². The van der Waals surface area contributed by atoms with Crippen LogP contribution in [0.1, 0.15) is 18.2 Å². The number of nitriles is 1. The molecule has 0 saturated carbocycles. The van der Waals surface area contributed by atoms with Gasteiger partial charge in [0.15, 0.2) is 5.65 Å². The Hall–Kier alpha value is -4.02. The van der Waals surface area contributed by atoms with Gasteiger partial charge in [-0.25, -0.2) is 13.8 Å². The molecular formula is C25H19F2N5. The number of hydrogen-bond donors (Lipinski definition) is 2. The first-order valence-corrected chi connectivity index (χ1v) is 10.3. The molecule has 0 radical (unpaired) electrons. The molecule has 0 spiro atoms. The molecule has 32 heavy (non-hydrogen) atoms. The molecule has 0 aliphatic heterocycles. The summed E-state index contributed by atoms with van der Waals surface area (Å²) in [4.78, 5) is 7.94. The molecule has 0 aliphatic rings. The highest BCUT2D eigenvalue weighted by Gasteiger charge is 2.21. The molecule has 3 aromatic heterocycles. The average molecular weight is 427 g/mol. The lowest BCUT2D eigenvalue weighted by molar-refractivity contribution is 0.585. The van der Waals surface area contributed by atoms with Crippen molar-refractivity contribution in [2.75, 3.05) is 6.54 Å². The number of hydrogen-bond acceptors (Lipinski definition) is 3. The first-order valence-electron chi connectivity index (χ1n) is 10.3. The fourth-order valence-electron chi connectivity index (χ4n) is 4.05. The quantitative estimate of drug-likeness (QED) is 0.394. The second-order valence-electron chi connectivity index (χ2n) is 7.51. The number of H-pyrrole nitrogens is 1. The van der Waals surface area contributed by atoms with Crippen LogP contribution in [0.25, 0.3) is 38.9 Å². The standard InChI is InChI=1S/C25H19F2N5/c1-2-29-12-16-14-32-24(21-13-30-23-6-4-3-5-18(21)23)10-19(20(11-28)25(32)31-16)17-8-7-15(26)9-22(17)27/h3-10,13-14,29-30H,2,12H2,1H3. The normalized spacial score (nSPS) is 11.3. The number of benzene rings is 2. The number of aromatic nitrogens is 3. The van der Waals surface area contributed by atoms with E-state index >= 15 is 0 Å². The molecule has 0 aliphatic carbocycles. The van der Waals surface area contributed by atoms with E-state index in [-0.39, 0.29) is 11.1 Å². The number of aromatic amines is 1. The van der Waals surface area contributed by atoms with Gasteiger partial charge in [-0.05, 0) is 30.8 Å². The van der Waals surface area contributed by atoms with E-state index in [1.54, 1.807) is 6.07 Å². The number of imidazole rings is 1. The van der Waals surface area contributed by atoms with E-state index in [4.69, 9.17) is 0 Å². The van der Waals surface area contributed by atoms with E-state index in [1.807, 2.05) is 48.0 Å². The molecule has 5 nitrogen and oxygen atoms in total. The second-order valence-corrected chi connectivity index (χ2v) is 7.51. The van der Waals surface area contributed by atoms with E-state index in [1.165, 1.54) is 12.1 Å². The summed E-state index contributed by atoms with van der Waals surface area (Å²) in [6.07, 6.45) is 3.78. The Bertz CT molecular complexity index is 1510. The summed E-state index contributed by atoms with van der Waals surface area (Å²) in [5, 5.41) is 14.2. The zero-order valence-electron chi connectivity index (χ0n) is 17.3. The minimum Gasteiger partial charge on any atom is -0.360 e. The minimum atomic E-state index is -0.727. The molecule has 5 aromatic rings. The van der Waals surface area contributed by atoms with Gasteiger partial charge < -0.3 is 10.3 Å². The Morgan fingerprint density at radius 3 is 2.72 bits per heavy atom. The summed E-state index contributed by atoms with van der Waals surface area (Å²) < 4.78 is 30.2. The Labute approximate surface area is 183 Å². The number of nitrogens with one attached hydrogen (secondary N) is 2. The van der Waals surface area contributed by atoms with Gasteiger partial charge in [0.05, 0.1) is 11.4 Å². The van der Waals surface area contributed by atoms with Gasteiger partial charge in [0.25, 0.3) is 0 Å². The van der Waals surface area contributed by atoms with Crippen LogP contribution in [0.15, 0.2) is 60.9 Å². The third-order valence-corrected chi connectivity index (χ3v) is 5.54. The van der Waals surface area contributed by atoms with Crippen LogP contribution >= 0.6 is 0 Å². The first-order chi connectivity index (χ1) is 15.6. The maximum atomic E-state index is 14.8. The summed E-state index contributed by atoms with van der Waals surface area (Å²) in [6, 6.07) is 15.2. The van der Waals surface area contributed by atoms with Crippen LogP contribution < -0.4 is 5.32 Å². The predicted molar refractivity (Wildman–Crippen MR) is 120 cm³/mol. The molecule has 7 heteroatoms. The largest absolute Gasteiger partial charge is 0.360 e. The van der Waals surface area contributed by atoms with Gasteiger partial charge in [-0.15, -0.1) is 0 Å². The smallest absolute Gasteiger partial charge is 0.156 e. The van der Waals surface area contributed by atoms with E-state index in [0.29, 0.717) is 17.8 Å². The van der Waals surface area contributed by atoms with Crippen molar-refractivity contribution in [3.63, 3.8) is 0 Å². The van der Waals surface area contributed by atoms with Gasteiger partial charge in [0.1, 0.15) is 23.3 Å². The SMILES string of the molecule is CCNCc1cn2c(-c3c[nH]c4ccccc34)cc(-c3ccc(F)cc3F)c(C#N)c2n1. The zero-order valence-corrected chi connectivity index (χ0v) is 17.3. The molecule has 2 aromatic carbocycles. The molecule has 0 atom stereocenters. The minimum absolute atomic E-state index is 0.155. The third kappa shape index (κ3) is 3.22. The van der Waals surface area contributed by atoms with E-state index in [2.05, 4.69) is 21.4 Å². The molecular weight excluding hydrogens is 408 g/mol. The van der Waals surface area contributed by atoms with Crippen molar-refractivity contribution in [2.45, 2.75) is 13.5 Å². The lowest BCUT2D eigenvalue weighted by Gasteiger charge is -2.12. The fourth-order valence-corrected chi connectivity index (χ4v) is 4.05. The van der Waals surface area contributed by atoms with Crippen molar-refractivity contribution in [1.29, 1.82) is 5.26 Å². The molecule has 158 valence electrons. The van der Waals surface area contributed by atoms with Gasteiger partial charge in [-0.1, -0.05) is 25.1 Å². The lowest BCUT2D eigenvalue weighted by atomic mass is 9.98. The highest BCUT2D eigenvalue weighted by atomic mass is 19.1. The third-order valence-electron chi connectivity index (χ3n) is 5.54. The van der Waals surface area contributed by atoms with E-state index in [9.17, 15) is 14.0 Å². The molecule has 0 saturated heterocycles. The highest BCUT2D eigenvalue weighted by molar-refractivity contribution is 5.96. The van der Waals surface area contributed by atoms with Gasteiger partial charge >= 0.3 is 0 Å². The number of halogens is 2. The Kier molecular flexibility index (Phi) is 4.92. The Balaban J connectivity index is 1.86. The fraction of sp³-hybridized carbons (Fsp3) is 0.120. The number of rotatable bonds is 5. The number of pyridine rings is 1. The van der Waals surface area contributed by atoms with Crippen LogP contribution in [0.5, 0.6) is 0 Å². The topological polar surface area (TPSA) is 68.9 Å². The molecule has 0 bridgehead atoms. The highest BCUT2D eigenvalue weighted by Crippen LogP contribution is 2.36. The molecule has 0 amide bonds. The van der Waals surface area contributed by atoms with Crippen LogP contribution in [-0.2, 0) is 6.54 Å². The predicted octanol–water partition coefficient (Wildman–Crippen LogP) is 5.41. The summed E-state index contributed by atoms with van der Waals surface area (Å²) in [6.45, 7) is 3.32. The molecule has 5 rings (SSSR count). The van der Waals surface area contributed by atoms with Crippen molar-refractivity contribution in [1.82, 2.24) is 19.7 Å². The number of nitrogens with zero attached hydrogens (tertiary/aromatic N) is 3. The summed E-state index contributed by atoms with van der Waals surface area (Å²) in [7, 11) is 0. The number of para-hydroxylation sites is 1. The van der Waals surface area contributed by atoms with E-state index < -0.39 is 11.6 Å². The molecule has 0 unspecified atom stereocenters. The van der Waals surface area contributed by atoms with Crippen molar-refractivity contribution < 1.29 is 8.78 Å². The van der Waals surface area contributed by atoms with Crippen LogP contribution in [0.2, 0.25) is 0 Å². The second kappa shape index (κ2) is 7.91. The van der Waals surface area contributed by atoms with Crippen LogP contribution in [-0.4, -0.2) is 20.9 Å². The monoisotopic (exact) mass is 427 g/mol. The van der Waals surface area contributed by atoms with Gasteiger partial charge in [0, 0.05) is 52.6 Å². The van der Waals surface area contributed by atoms with Gasteiger partial charge in [-0.3, -0.25) is 4.40 Å². The maximum absolute atomic E-state index is 14.8. The Morgan fingerprint density at radius 1 is 1.09 bits per heavy atom. The Morgan fingerprint density at radius 2 is 1.94 bits per heavy atom. The van der Waals surface area contributed by atoms with Crippen molar-refractivity contribution in [3.8, 4) is 28.5 Å². The lowest BCUT2D eigenvalue weighted by Crippen LogP contribution is -2.11. The molecule has 0 fully saturated rings. The van der Waals surface area contributed by atoms with Crippen LogP contribution in [0.3, 0.4) is 0 Å². The van der Waals surface area contributed by atoms with Crippen molar-refractivity contribution in [3.05, 3.63) is 83.8 Å². The maximum Gasteiger partial charge on any atom is 0.156 e. The molecule has 3 heterocycles. The first kappa shape index (κ1) is 19.9. The van der Waals surface area contributed by atoms with E-state index in [0.717, 1.165) is 40.5 Å². The summed E-state index contributed by atoms with van der Waals surface area (Å²) in [5.74, 6) is -1.40. The summed E-state index contributed by atoms with van der Waals surface area (Å²) >= 11 is 0.